The van der Waals surface area contributed by atoms with E-state index in [-0.39, 0.29) is 0 Å². The van der Waals surface area contributed by atoms with E-state index in [0.717, 1.165) is 6.54 Å². The third kappa shape index (κ3) is 1.25. The minimum Gasteiger partial charge on any atom is -0.301 e. The Kier molecular flexibility index (Phi) is 2.08. The molecule has 0 spiro atoms. The van der Waals surface area contributed by atoms with Crippen LogP contribution in [0, 0.1) is 5.92 Å². The van der Waals surface area contributed by atoms with Gasteiger partial charge in [-0.05, 0) is 19.8 Å². The van der Waals surface area contributed by atoms with E-state index in [4.69, 9.17) is 0 Å². The van der Waals surface area contributed by atoms with Crippen molar-refractivity contribution in [2.75, 3.05) is 6.54 Å². The van der Waals surface area contributed by atoms with E-state index < -0.39 is 0 Å². The molecule has 0 amide bonds. The monoisotopic (exact) mass is 170 g/mol. The second-order valence-corrected chi connectivity index (χ2v) is 3.93. The van der Waals surface area contributed by atoms with Crippen molar-refractivity contribution >= 4 is 0 Å². The standard InChI is InChI=1S/C8H18N4/c1-5-4-9-7(3)12-8(5)10-6(2)11-12/h5-11H,4H2,1-3H3. The Morgan fingerprint density at radius 1 is 1.25 bits per heavy atom. The number of rotatable bonds is 0. The highest BCUT2D eigenvalue weighted by Crippen LogP contribution is 2.18. The molecule has 0 saturated carbocycles. The third-order valence-electron chi connectivity index (χ3n) is 2.75. The van der Waals surface area contributed by atoms with Crippen molar-refractivity contribution in [1.29, 1.82) is 0 Å². The zero-order valence-electron chi connectivity index (χ0n) is 7.96. The maximum atomic E-state index is 3.51. The van der Waals surface area contributed by atoms with E-state index in [0.29, 0.717) is 24.4 Å². The van der Waals surface area contributed by atoms with E-state index in [2.05, 4.69) is 41.8 Å². The Bertz CT molecular complexity index is 154. The van der Waals surface area contributed by atoms with Gasteiger partial charge in [0.2, 0.25) is 0 Å². The lowest BCUT2D eigenvalue weighted by Gasteiger charge is -2.39. The van der Waals surface area contributed by atoms with Crippen molar-refractivity contribution in [3.8, 4) is 0 Å². The minimum atomic E-state index is 0.403. The molecule has 4 unspecified atom stereocenters. The van der Waals surface area contributed by atoms with Crippen molar-refractivity contribution in [3.05, 3.63) is 0 Å². The summed E-state index contributed by atoms with van der Waals surface area (Å²) in [5.41, 5.74) is 3.40. The molecule has 2 saturated heterocycles. The zero-order valence-corrected chi connectivity index (χ0v) is 7.96. The van der Waals surface area contributed by atoms with Crippen LogP contribution in [0.15, 0.2) is 0 Å². The fraction of sp³-hybridized carbons (Fsp3) is 1.00. The molecule has 70 valence electrons. The predicted molar refractivity (Wildman–Crippen MR) is 48.0 cm³/mol. The van der Waals surface area contributed by atoms with Crippen molar-refractivity contribution in [2.45, 2.75) is 39.3 Å². The molecule has 4 atom stereocenters. The first-order chi connectivity index (χ1) is 5.68. The largest absolute Gasteiger partial charge is 0.301 e. The van der Waals surface area contributed by atoms with Gasteiger partial charge in [-0.1, -0.05) is 6.92 Å². The molecule has 0 radical (unpaired) electrons. The zero-order chi connectivity index (χ0) is 8.72. The lowest BCUT2D eigenvalue weighted by Crippen LogP contribution is -2.61. The molecule has 2 fully saturated rings. The number of fused-ring (bicyclic) bond motifs is 1. The average molecular weight is 170 g/mol. The quantitative estimate of drug-likeness (QED) is 0.465. The lowest BCUT2D eigenvalue weighted by molar-refractivity contribution is 0.0324. The molecule has 3 N–H and O–H groups in total. The van der Waals surface area contributed by atoms with Crippen LogP contribution in [0.5, 0.6) is 0 Å². The van der Waals surface area contributed by atoms with Crippen LogP contribution < -0.4 is 16.1 Å². The summed E-state index contributed by atoms with van der Waals surface area (Å²) < 4.78 is 0. The Morgan fingerprint density at radius 2 is 2.00 bits per heavy atom. The Hall–Kier alpha value is -0.160. The van der Waals surface area contributed by atoms with Gasteiger partial charge in [0, 0.05) is 6.54 Å². The van der Waals surface area contributed by atoms with Gasteiger partial charge < -0.3 is 5.32 Å². The van der Waals surface area contributed by atoms with Crippen molar-refractivity contribution in [3.63, 3.8) is 0 Å². The first-order valence-corrected chi connectivity index (χ1v) is 4.72. The maximum absolute atomic E-state index is 3.51. The molecule has 4 heteroatoms. The van der Waals surface area contributed by atoms with E-state index in [9.17, 15) is 0 Å². The summed E-state index contributed by atoms with van der Waals surface area (Å²) >= 11 is 0. The molecule has 2 rings (SSSR count). The third-order valence-corrected chi connectivity index (χ3v) is 2.75. The second kappa shape index (κ2) is 2.96. The highest BCUT2D eigenvalue weighted by Gasteiger charge is 2.38. The fourth-order valence-electron chi connectivity index (χ4n) is 2.04. The van der Waals surface area contributed by atoms with Gasteiger partial charge in [-0.2, -0.15) is 0 Å². The molecular formula is C8H18N4. The highest BCUT2D eigenvalue weighted by molar-refractivity contribution is 4.88. The number of hydrogen-bond acceptors (Lipinski definition) is 4. The molecule has 2 aliphatic rings. The van der Waals surface area contributed by atoms with E-state index in [1.54, 1.807) is 0 Å². The summed E-state index contributed by atoms with van der Waals surface area (Å²) in [6.45, 7) is 7.70. The van der Waals surface area contributed by atoms with Gasteiger partial charge >= 0.3 is 0 Å². The van der Waals surface area contributed by atoms with Crippen LogP contribution in [0.3, 0.4) is 0 Å². The van der Waals surface area contributed by atoms with Gasteiger partial charge in [-0.25, -0.2) is 10.4 Å². The van der Waals surface area contributed by atoms with Crippen LogP contribution in [-0.4, -0.2) is 30.1 Å². The summed E-state index contributed by atoms with van der Waals surface area (Å²) in [5, 5.41) is 9.23. The molecular weight excluding hydrogens is 152 g/mol. The van der Waals surface area contributed by atoms with E-state index in [1.807, 2.05) is 0 Å². The molecule has 0 aromatic carbocycles. The predicted octanol–water partition coefficient (Wildman–Crippen LogP) is -0.346. The normalized spacial score (nSPS) is 49.2. The summed E-state index contributed by atoms with van der Waals surface area (Å²) in [4.78, 5) is 0. The minimum absolute atomic E-state index is 0.403. The molecule has 0 aromatic rings. The van der Waals surface area contributed by atoms with E-state index >= 15 is 0 Å². The molecule has 0 aliphatic carbocycles. The Balaban J connectivity index is 2.09. The lowest BCUT2D eigenvalue weighted by atomic mass is 10.1. The van der Waals surface area contributed by atoms with Gasteiger partial charge in [0.25, 0.3) is 0 Å². The second-order valence-electron chi connectivity index (χ2n) is 3.93. The van der Waals surface area contributed by atoms with Crippen molar-refractivity contribution in [2.24, 2.45) is 5.92 Å². The van der Waals surface area contributed by atoms with Gasteiger partial charge in [-0.3, -0.25) is 5.32 Å². The summed E-state index contributed by atoms with van der Waals surface area (Å²) in [7, 11) is 0. The first-order valence-electron chi connectivity index (χ1n) is 4.72. The van der Waals surface area contributed by atoms with Crippen LogP contribution in [0.25, 0.3) is 0 Å². The molecule has 4 nitrogen and oxygen atoms in total. The average Bonchev–Trinajstić information content (AvgIpc) is 2.41. The number of hydrazine groups is 1. The Labute approximate surface area is 73.7 Å². The molecule has 2 heterocycles. The van der Waals surface area contributed by atoms with Crippen LogP contribution in [0.4, 0.5) is 0 Å². The SMILES string of the molecule is CC1NC2C(C)CNC(C)N2N1. The van der Waals surface area contributed by atoms with E-state index in [1.165, 1.54) is 0 Å². The number of hydrogen-bond donors (Lipinski definition) is 3. The van der Waals surface area contributed by atoms with Crippen LogP contribution in [-0.2, 0) is 0 Å². The van der Waals surface area contributed by atoms with Gasteiger partial charge in [-0.15, -0.1) is 0 Å². The van der Waals surface area contributed by atoms with Crippen LogP contribution in [0.2, 0.25) is 0 Å². The molecule has 0 bridgehead atoms. The molecule has 2 aliphatic heterocycles. The summed E-state index contributed by atoms with van der Waals surface area (Å²) in [6, 6.07) is 0. The smallest absolute Gasteiger partial charge is 0.0801 e. The van der Waals surface area contributed by atoms with Gasteiger partial charge in [0.1, 0.15) is 0 Å². The Morgan fingerprint density at radius 3 is 2.67 bits per heavy atom. The van der Waals surface area contributed by atoms with Crippen LogP contribution in [0.1, 0.15) is 20.8 Å². The molecule has 12 heavy (non-hydrogen) atoms. The first kappa shape index (κ1) is 8.44. The number of nitrogens with zero attached hydrogens (tertiary/aromatic N) is 1. The maximum Gasteiger partial charge on any atom is 0.0801 e. The summed E-state index contributed by atoms with van der Waals surface area (Å²) in [6.07, 6.45) is 1.33. The highest BCUT2D eigenvalue weighted by atomic mass is 15.7. The van der Waals surface area contributed by atoms with Crippen LogP contribution >= 0.6 is 0 Å². The van der Waals surface area contributed by atoms with Crippen molar-refractivity contribution in [1.82, 2.24) is 21.1 Å². The van der Waals surface area contributed by atoms with Gasteiger partial charge in [0.15, 0.2) is 0 Å². The molecule has 0 aromatic heterocycles. The fourth-order valence-corrected chi connectivity index (χ4v) is 2.04. The summed E-state index contributed by atoms with van der Waals surface area (Å²) in [5.74, 6) is 0.665. The van der Waals surface area contributed by atoms with Gasteiger partial charge in [0.05, 0.1) is 18.5 Å². The van der Waals surface area contributed by atoms with Crippen molar-refractivity contribution < 1.29 is 0 Å². The number of nitrogens with one attached hydrogen (secondary N) is 3. The topological polar surface area (TPSA) is 39.3 Å².